The summed E-state index contributed by atoms with van der Waals surface area (Å²) in [5.74, 6) is -0.0563. The highest BCUT2D eigenvalue weighted by Gasteiger charge is 2.40. The van der Waals surface area contributed by atoms with E-state index in [4.69, 9.17) is 28.7 Å². The Morgan fingerprint density at radius 1 is 0.352 bits per heavy atom. The number of carbonyl (C=O) groups is 10. The maximum Gasteiger partial charge on any atom is 0.273 e. The minimum atomic E-state index is -0.716. The van der Waals surface area contributed by atoms with Crippen molar-refractivity contribution in [2.45, 2.75) is 129 Å². The third kappa shape index (κ3) is 27.4. The highest BCUT2D eigenvalue weighted by molar-refractivity contribution is 6.00. The Bertz CT molecular complexity index is 6060. The maximum atomic E-state index is 12.0. The van der Waals surface area contributed by atoms with Crippen LogP contribution in [0.25, 0.3) is 0 Å². The molecule has 10 heterocycles. The molecule has 0 unspecified atom stereocenters. The van der Waals surface area contributed by atoms with Crippen LogP contribution in [0, 0.1) is 34.6 Å². The summed E-state index contributed by atoms with van der Waals surface area (Å²) in [4.78, 5) is 170. The van der Waals surface area contributed by atoms with Crippen LogP contribution in [0.4, 0.5) is 86.9 Å². The molecule has 0 saturated carbocycles. The summed E-state index contributed by atoms with van der Waals surface area (Å²) < 4.78 is 0. The van der Waals surface area contributed by atoms with E-state index in [0.717, 1.165) is 101 Å². The van der Waals surface area contributed by atoms with Gasteiger partial charge < -0.3 is 105 Å². The molecule has 15 rings (SSSR count). The number of hydrogen-bond donors (Lipinski definition) is 11. The van der Waals surface area contributed by atoms with Crippen LogP contribution in [0.1, 0.15) is 133 Å². The third-order valence-electron chi connectivity index (χ3n) is 24.6. The fraction of sp³-hybridized carbons (Fsp3) is 0.320. The molecular weight excluding hydrogens is 1810 g/mol. The lowest BCUT2D eigenvalue weighted by Gasteiger charge is -2.32. The fourth-order valence-corrected chi connectivity index (χ4v) is 16.9. The van der Waals surface area contributed by atoms with Crippen LogP contribution in [-0.2, 0) is 24.0 Å². The van der Waals surface area contributed by atoms with Crippen LogP contribution in [0.15, 0.2) is 203 Å². The van der Waals surface area contributed by atoms with E-state index >= 15 is 0 Å². The molecule has 5 aliphatic heterocycles. The van der Waals surface area contributed by atoms with Crippen LogP contribution in [0.3, 0.4) is 0 Å². The van der Waals surface area contributed by atoms with E-state index in [1.807, 2.05) is 218 Å². The van der Waals surface area contributed by atoms with Gasteiger partial charge in [-0.15, -0.1) is 20.4 Å². The molecule has 142 heavy (non-hydrogen) atoms. The second-order valence-corrected chi connectivity index (χ2v) is 34.7. The molecule has 0 bridgehead atoms. The van der Waals surface area contributed by atoms with E-state index in [1.54, 1.807) is 24.5 Å². The average molecular weight is 1930 g/mol. The van der Waals surface area contributed by atoms with Gasteiger partial charge in [0, 0.05) is 133 Å². The van der Waals surface area contributed by atoms with E-state index in [-0.39, 0.29) is 118 Å². The first-order valence-electron chi connectivity index (χ1n) is 45.9. The number of amides is 10. The average Bonchev–Trinajstić information content (AvgIpc) is 1.61. The smallest absolute Gasteiger partial charge is 0.273 e. The van der Waals surface area contributed by atoms with E-state index in [1.165, 1.54) is 49.0 Å². The Labute approximate surface area is 823 Å². The van der Waals surface area contributed by atoms with Gasteiger partial charge in [-0.3, -0.25) is 47.9 Å². The van der Waals surface area contributed by atoms with Crippen LogP contribution >= 0.6 is 0 Å². The van der Waals surface area contributed by atoms with Crippen molar-refractivity contribution in [2.24, 2.45) is 28.7 Å². The van der Waals surface area contributed by atoms with Crippen LogP contribution in [0.2, 0.25) is 0 Å². The van der Waals surface area contributed by atoms with Crippen LogP contribution < -0.4 is 80.2 Å². The predicted molar refractivity (Wildman–Crippen MR) is 548 cm³/mol. The zero-order chi connectivity index (χ0) is 103. The minimum absolute atomic E-state index is 0.00343. The number of aromatic nitrogens is 12. The topological polar surface area (TPSA) is 557 Å². The monoisotopic (exact) mass is 1930 g/mol. The minimum Gasteiger partial charge on any atom is -0.364 e. The normalized spacial score (nSPS) is 17.0. The summed E-state index contributed by atoms with van der Waals surface area (Å²) in [5, 5.41) is 35.0. The summed E-state index contributed by atoms with van der Waals surface area (Å²) in [6.07, 6.45) is 16.1. The molecule has 16 N–H and O–H groups in total. The van der Waals surface area contributed by atoms with Crippen LogP contribution in [0.5, 0.6) is 0 Å². The molecule has 5 fully saturated rings. The van der Waals surface area contributed by atoms with E-state index in [0.29, 0.717) is 86.8 Å². The van der Waals surface area contributed by atoms with E-state index < -0.39 is 29.5 Å². The molecule has 10 amide bonds. The van der Waals surface area contributed by atoms with Gasteiger partial charge >= 0.3 is 0 Å². The number of nitrogens with zero attached hydrogens (tertiary/aromatic N) is 21. The maximum absolute atomic E-state index is 12.0. The predicted octanol–water partition coefficient (Wildman–Crippen LogP) is 9.19. The number of nitrogens with two attached hydrogens (primary N) is 5. The lowest BCUT2D eigenvalue weighted by molar-refractivity contribution is -0.127. The first-order valence-corrected chi connectivity index (χ1v) is 45.9. The van der Waals surface area contributed by atoms with Crippen molar-refractivity contribution in [2.75, 3.05) is 132 Å². The van der Waals surface area contributed by atoms with Gasteiger partial charge in [0.15, 0.2) is 57.6 Å². The molecule has 0 radical (unpaired) electrons. The molecule has 42 heteroatoms. The van der Waals surface area contributed by atoms with Gasteiger partial charge in [0.05, 0.1) is 36.7 Å². The quantitative estimate of drug-likeness (QED) is 0.0187. The van der Waals surface area contributed by atoms with Crippen molar-refractivity contribution in [3.05, 3.63) is 259 Å². The number of likely N-dealkylation sites (tertiary alicyclic amines) is 5. The summed E-state index contributed by atoms with van der Waals surface area (Å²) in [6, 6.07) is 38.6. The van der Waals surface area contributed by atoms with E-state index in [2.05, 4.69) is 125 Å². The van der Waals surface area contributed by atoms with Crippen molar-refractivity contribution in [3.8, 4) is 0 Å². The van der Waals surface area contributed by atoms with Crippen molar-refractivity contribution < 1.29 is 47.9 Å². The number of primary amides is 5. The van der Waals surface area contributed by atoms with Gasteiger partial charge in [-0.1, -0.05) is 93.6 Å². The Balaban J connectivity index is 0.000000169. The Kier molecular flexibility index (Phi) is 36.1. The van der Waals surface area contributed by atoms with Gasteiger partial charge in [0.1, 0.15) is 17.5 Å². The van der Waals surface area contributed by atoms with E-state index in [9.17, 15) is 47.9 Å². The number of nitrogens with one attached hydrogen (secondary N) is 6. The van der Waals surface area contributed by atoms with Gasteiger partial charge in [-0.25, -0.2) is 29.9 Å². The second-order valence-electron chi connectivity index (χ2n) is 34.7. The molecule has 5 aromatic heterocycles. The number of rotatable bonds is 30. The van der Waals surface area contributed by atoms with Gasteiger partial charge in [-0.2, -0.15) is 9.97 Å². The van der Waals surface area contributed by atoms with Crippen LogP contribution in [-0.4, -0.2) is 267 Å². The molecule has 42 nitrogen and oxygen atoms in total. The highest BCUT2D eigenvalue weighted by Crippen LogP contribution is 2.34. The molecular formula is C100H122N32O10. The highest BCUT2D eigenvalue weighted by atomic mass is 16.2. The first kappa shape index (κ1) is 105. The second kappa shape index (κ2) is 48.7. The molecule has 5 saturated heterocycles. The third-order valence-corrected chi connectivity index (χ3v) is 24.6. The fourth-order valence-electron chi connectivity index (χ4n) is 16.9. The zero-order valence-electron chi connectivity index (χ0n) is 81.5. The summed E-state index contributed by atoms with van der Waals surface area (Å²) in [6.45, 7) is 36.6. The Morgan fingerprint density at radius 3 is 1.02 bits per heavy atom. The molecule has 10 aromatic rings. The first-order chi connectivity index (χ1) is 67.8. The lowest BCUT2D eigenvalue weighted by atomic mass is 10.1. The van der Waals surface area contributed by atoms with Crippen molar-refractivity contribution in [1.29, 1.82) is 0 Å². The van der Waals surface area contributed by atoms with Gasteiger partial charge in [-0.05, 0) is 206 Å². The molecule has 7 atom stereocenters. The Morgan fingerprint density at radius 2 is 0.669 bits per heavy atom. The number of hydrogen-bond acceptors (Lipinski definition) is 32. The zero-order valence-corrected chi connectivity index (χ0v) is 81.5. The summed E-state index contributed by atoms with van der Waals surface area (Å²) in [7, 11) is 7.49. The molecule has 0 spiro atoms. The van der Waals surface area contributed by atoms with Crippen molar-refractivity contribution >= 4 is 146 Å². The SMILES string of the molecule is C=CC(=O)N1CCC[C@@H](Nc2cnc(C(N)=O)c(Nc3cccc(C)c3)n2)C1.C=CC(=O)N1CC[C@@H](N(C)c2cnc(C(N)=O)c(Nc3cccc(C)c3)n2)C1.C=CC(=O)N1CC[C@@H](N(C)c2cnc(C(N)=O)c(Nc3cccc(C)c3)n2)[C@H]1C.C=CC(=O)N1CC[C@@H](N(C)c2nnc(C(N)=O)c(Nc3cccc(C)c3)n2)C1.C=CC(=O)N1CC[C@@H](N(C)c2nnc(C(N)=O)c(Nc3cccc(C)c3)n2)[C@H]1C. The summed E-state index contributed by atoms with van der Waals surface area (Å²) in [5.41, 5.74) is 36.6. The number of anilines is 15. The standard InChI is InChI=1S/C21H26N6O2.C20H25N7O2.2C20H24N6O2.C19H23N7O2/c1-5-18(28)27-10-9-16(14(27)3)26(4)17-12-23-19(20(22)29)21(25-17)24-15-8-6-7-13(2)11-15;1-5-16(28)27-10-9-15(13(27)3)26(4)20-23-19(17(18(21)29)24-25-20)22-14-8-6-7-12(2)11-14;1-4-17(27)26-9-8-15(12-26)25(3)16-11-22-18(19(21)28)20(24-16)23-14-7-5-6-13(2)10-14;1-3-17(27)26-9-5-8-15(12-26)23-16-11-22-18(19(21)28)20(25-16)24-14-7-4-6-13(2)10-14;1-4-15(27)26-9-8-14(11-26)25(3)19-22-18(16(17(20)28)23-24-19)21-13-7-5-6-12(2)10-13/h5-8,11-12,14,16H,1,9-10H2,2-4H3,(H2,22,29)(H,24,25);5-8,11,13,15H,1,9-10H2,2-4H3,(H2,21,29)(H,22,23,25);4-7,10-11,15H,1,8-9,12H2,2-3H3,(H2,21,28)(H,23,24);3-4,6-7,10-11,15H,1,5,8-9,12H2,2H3,(H2,21,28)(H2,23,24,25);4-7,10,14H,1,8-9,11H2,2-3H3,(H2,20,28)(H,21,22,24)/t14-,16-;13-,15-;2*15-;14-/m11111/s1. The number of piperidine rings is 1. The Hall–Kier alpha value is -17.2. The molecule has 742 valence electrons. The van der Waals surface area contributed by atoms with Gasteiger partial charge in [0.25, 0.3) is 29.5 Å². The lowest BCUT2D eigenvalue weighted by Crippen LogP contribution is -2.44. The number of carbonyl (C=O) groups excluding carboxylic acids is 10. The molecule has 5 aliphatic rings. The van der Waals surface area contributed by atoms with Crippen molar-refractivity contribution in [3.63, 3.8) is 0 Å². The molecule has 5 aromatic carbocycles. The number of benzene rings is 5. The largest absolute Gasteiger partial charge is 0.364 e. The number of likely N-dealkylation sites (N-methyl/N-ethyl adjacent to an activating group) is 4. The summed E-state index contributed by atoms with van der Waals surface area (Å²) >= 11 is 0. The van der Waals surface area contributed by atoms with Crippen molar-refractivity contribution in [1.82, 2.24) is 84.8 Å². The van der Waals surface area contributed by atoms with Gasteiger partial charge in [0.2, 0.25) is 41.4 Å². The number of aryl methyl sites for hydroxylation is 5. The molecule has 0 aliphatic carbocycles.